The number of hydrogen-bond acceptors (Lipinski definition) is 24. The van der Waals surface area contributed by atoms with E-state index < -0.39 is 0 Å². The molecule has 20 rings (SSSR count). The molecule has 4 saturated heterocycles. The molecule has 4 fully saturated rings. The first kappa shape index (κ1) is 86.1. The van der Waals surface area contributed by atoms with Crippen molar-refractivity contribution < 1.29 is 18.9 Å². The number of aryl methyl sites for hydroxylation is 1. The lowest BCUT2D eigenvalue weighted by Gasteiger charge is -2.29. The highest BCUT2D eigenvalue weighted by molar-refractivity contribution is 5.88. The average Bonchev–Trinajstić information content (AvgIpc) is 1.66. The third-order valence-corrected chi connectivity index (χ3v) is 24.1. The van der Waals surface area contributed by atoms with Crippen molar-refractivity contribution in [3.8, 4) is 0 Å². The van der Waals surface area contributed by atoms with E-state index in [1.165, 1.54) is 50.1 Å². The summed E-state index contributed by atoms with van der Waals surface area (Å²) in [6.45, 7) is 37.6. The lowest BCUT2D eigenvalue weighted by molar-refractivity contribution is 0.122. The van der Waals surface area contributed by atoms with Crippen molar-refractivity contribution in [3.63, 3.8) is 0 Å². The lowest BCUT2D eigenvalue weighted by Crippen LogP contribution is -2.36. The Bertz CT molecular complexity index is 5850. The number of allylic oxidation sites excluding steroid dienone is 4. The summed E-state index contributed by atoms with van der Waals surface area (Å²) in [4.78, 5) is 67.1. The van der Waals surface area contributed by atoms with Gasteiger partial charge < -0.3 is 59.4 Å². The number of morpholine rings is 4. The van der Waals surface area contributed by atoms with Gasteiger partial charge in [-0.2, -0.15) is 0 Å². The van der Waals surface area contributed by atoms with Crippen LogP contribution < -0.4 is 35.6 Å². The van der Waals surface area contributed by atoms with E-state index in [4.69, 9.17) is 38.9 Å². The van der Waals surface area contributed by atoms with E-state index in [1.54, 1.807) is 0 Å². The number of nitrogens with one attached hydrogen (secondary N) is 3. The Hall–Kier alpha value is -14.0. The van der Waals surface area contributed by atoms with Gasteiger partial charge in [-0.15, -0.1) is 0 Å². The molecule has 8 aliphatic rings. The van der Waals surface area contributed by atoms with Crippen molar-refractivity contribution >= 4 is 67.8 Å². The quantitative estimate of drug-likeness (QED) is 0.0509. The van der Waals surface area contributed by atoms with Gasteiger partial charge in [0.15, 0.2) is 23.3 Å². The number of ether oxygens (including phenoxy) is 4. The van der Waals surface area contributed by atoms with Gasteiger partial charge in [-0.1, -0.05) is 171 Å². The molecule has 2 atom stereocenters. The molecular weight excluding hydrogens is 1590 g/mol. The minimum atomic E-state index is 0.126. The second-order valence-electron chi connectivity index (χ2n) is 32.7. The van der Waals surface area contributed by atoms with Gasteiger partial charge in [0.1, 0.15) is 0 Å². The minimum Gasteiger partial charge on any atom is -0.378 e. The first-order chi connectivity index (χ1) is 62.7. The van der Waals surface area contributed by atoms with Crippen molar-refractivity contribution in [1.29, 1.82) is 0 Å². The summed E-state index contributed by atoms with van der Waals surface area (Å²) in [6, 6.07) is 48.5. The Morgan fingerprint density at radius 1 is 0.352 bits per heavy atom. The standard InChI is InChI=1S/4C26H27N5O/c1-18-3-5-20(6-4-18)14-27-19(2)26-29-15-21(16-30-26)23-7-8-25-24(23)13-22(17-28-25)31-9-11-32-12-10-31;1-19(30(2)18-20-6-4-3-5-7-20)26-28-15-21(16-29-26)23-8-9-25-24(23)14-22(17-27-25)31-10-12-32-13-11-31;2*1-18(20-6-4-3-5-7-20)30-19(2)26-28-15-21(16-29-26)23-8-9-25-24(23)14-22(17-27-25)31-10-12-32-13-11-31/h3-7,13,15-17,27H,2,8-12,14H2,1H3;3-8,14-17H,1,9-13,18H2,2H3;2*3-8,14-18,30H,2,9-13H2,1H3/t;;2*18-/m..10/s1. The van der Waals surface area contributed by atoms with Crippen LogP contribution in [0.3, 0.4) is 0 Å². The Morgan fingerprint density at radius 3 is 0.953 bits per heavy atom. The minimum absolute atomic E-state index is 0.126. The normalized spacial score (nSPS) is 15.8. The van der Waals surface area contributed by atoms with Crippen LogP contribution in [-0.2, 0) is 57.7 Å². The summed E-state index contributed by atoms with van der Waals surface area (Å²) in [7, 11) is 2.02. The topological polar surface area (TPSA) is 244 Å². The number of nitrogens with zero attached hydrogens (tertiary/aromatic N) is 17. The molecule has 0 saturated carbocycles. The Labute approximate surface area is 749 Å². The summed E-state index contributed by atoms with van der Waals surface area (Å²) in [5.41, 5.74) is 31.3. The van der Waals surface area contributed by atoms with Crippen LogP contribution in [-0.4, -0.2) is 177 Å². The average molecular weight is 1700 g/mol. The highest BCUT2D eigenvalue weighted by Crippen LogP contribution is 2.39. The molecular formula is C104H108N20O4. The van der Waals surface area contributed by atoms with Gasteiger partial charge in [-0.25, -0.2) is 39.9 Å². The maximum atomic E-state index is 5.48. The van der Waals surface area contributed by atoms with Gasteiger partial charge in [0, 0.05) is 204 Å². The summed E-state index contributed by atoms with van der Waals surface area (Å²) in [5.74, 6) is 2.47. The third kappa shape index (κ3) is 20.9. The first-order valence-electron chi connectivity index (χ1n) is 44.1. The van der Waals surface area contributed by atoms with Crippen LogP contribution in [0.1, 0.15) is 144 Å². The number of pyridine rings is 4. The zero-order chi connectivity index (χ0) is 87.7. The number of aromatic nitrogens is 12. The van der Waals surface area contributed by atoms with Crippen LogP contribution in [0.5, 0.6) is 0 Å². The van der Waals surface area contributed by atoms with Crippen LogP contribution in [0.4, 0.5) is 22.7 Å². The van der Waals surface area contributed by atoms with Crippen molar-refractivity contribution in [3.05, 3.63) is 383 Å². The predicted octanol–water partition coefficient (Wildman–Crippen LogP) is 15.6. The number of hydrogen-bond donors (Lipinski definition) is 3. The first-order valence-corrected chi connectivity index (χ1v) is 44.1. The van der Waals surface area contributed by atoms with E-state index in [1.807, 2.05) is 136 Å². The molecule has 12 heterocycles. The Balaban J connectivity index is 0.000000120. The zero-order valence-electron chi connectivity index (χ0n) is 73.3. The lowest BCUT2D eigenvalue weighted by atomic mass is 10.0. The third-order valence-electron chi connectivity index (χ3n) is 24.1. The van der Waals surface area contributed by atoms with Crippen molar-refractivity contribution in [1.82, 2.24) is 80.7 Å². The van der Waals surface area contributed by atoms with E-state index in [9.17, 15) is 0 Å². The fraction of sp³-hybridized carbons (Fsp3) is 0.269. The number of benzene rings is 4. The summed E-state index contributed by atoms with van der Waals surface area (Å²) in [6.07, 6.45) is 35.2. The van der Waals surface area contributed by atoms with E-state index in [2.05, 4.69) is 237 Å². The molecule has 3 N–H and O–H groups in total. The molecule has 128 heavy (non-hydrogen) atoms. The van der Waals surface area contributed by atoms with Crippen molar-refractivity contribution in [2.45, 2.75) is 71.6 Å². The van der Waals surface area contributed by atoms with E-state index in [-0.39, 0.29) is 12.1 Å². The number of fused-ring (bicyclic) bond motifs is 4. The highest BCUT2D eigenvalue weighted by atomic mass is 16.5. The second kappa shape index (κ2) is 40.9. The largest absolute Gasteiger partial charge is 0.378 e. The second-order valence-corrected chi connectivity index (χ2v) is 32.7. The monoisotopic (exact) mass is 1700 g/mol. The fourth-order valence-electron chi connectivity index (χ4n) is 16.7. The fourth-order valence-corrected chi connectivity index (χ4v) is 16.7. The molecule has 4 aliphatic carbocycles. The molecule has 12 aromatic rings. The molecule has 648 valence electrons. The molecule has 4 aliphatic heterocycles. The van der Waals surface area contributed by atoms with E-state index in [0.29, 0.717) is 46.9 Å². The van der Waals surface area contributed by atoms with Gasteiger partial charge in [0.25, 0.3) is 0 Å². The zero-order valence-corrected chi connectivity index (χ0v) is 73.3. The molecule has 0 bridgehead atoms. The summed E-state index contributed by atoms with van der Waals surface area (Å²) >= 11 is 0. The molecule has 0 spiro atoms. The van der Waals surface area contributed by atoms with Crippen LogP contribution in [0, 0.1) is 6.92 Å². The van der Waals surface area contributed by atoms with E-state index in [0.717, 1.165) is 233 Å². The van der Waals surface area contributed by atoms with Gasteiger partial charge in [0.2, 0.25) is 0 Å². The van der Waals surface area contributed by atoms with Crippen LogP contribution in [0.25, 0.3) is 45.1 Å². The Morgan fingerprint density at radius 2 is 0.641 bits per heavy atom. The number of rotatable bonds is 24. The van der Waals surface area contributed by atoms with E-state index >= 15 is 0 Å². The van der Waals surface area contributed by atoms with Crippen LogP contribution >= 0.6 is 0 Å². The maximum absolute atomic E-state index is 5.48. The van der Waals surface area contributed by atoms with Gasteiger partial charge in [0.05, 0.1) is 146 Å². The van der Waals surface area contributed by atoms with Crippen LogP contribution in [0.15, 0.2) is 265 Å². The molecule has 4 aromatic carbocycles. The SMILES string of the molecule is C=C(NCc1ccc(C)cc1)c1ncc(C2=CCc3ncc(N4CCOCC4)cc32)cn1.C=C(N[C@@H](C)c1ccccc1)c1ncc(C2=CCc3ncc(N4CCOCC4)cc32)cn1.C=C(N[C@H](C)c1ccccc1)c1ncc(C2=CCc3ncc(N4CCOCC4)cc32)cn1.C=C(c1ncc(C2=CCc3ncc(N4CCOCC4)cc32)cn1)N(C)Cc1ccccc1. The number of anilines is 4. The Kier molecular flexibility index (Phi) is 27.5. The molecule has 24 nitrogen and oxygen atoms in total. The van der Waals surface area contributed by atoms with Gasteiger partial charge >= 0.3 is 0 Å². The summed E-state index contributed by atoms with van der Waals surface area (Å²) < 4.78 is 21.9. The van der Waals surface area contributed by atoms with Crippen molar-refractivity contribution in [2.24, 2.45) is 0 Å². The molecule has 0 radical (unpaired) electrons. The van der Waals surface area contributed by atoms with Gasteiger partial charge in [-0.05, 0) is 89.6 Å². The molecule has 24 heteroatoms. The summed E-state index contributed by atoms with van der Waals surface area (Å²) in [5, 5.41) is 10.1. The smallest absolute Gasteiger partial charge is 0.175 e. The predicted molar refractivity (Wildman–Crippen MR) is 508 cm³/mol. The molecule has 0 unspecified atom stereocenters. The van der Waals surface area contributed by atoms with Crippen LogP contribution in [0.2, 0.25) is 0 Å². The molecule has 0 amide bonds. The highest BCUT2D eigenvalue weighted by Gasteiger charge is 2.28. The maximum Gasteiger partial charge on any atom is 0.175 e. The van der Waals surface area contributed by atoms with Crippen molar-refractivity contribution in [2.75, 3.05) is 132 Å². The van der Waals surface area contributed by atoms with Gasteiger partial charge in [-0.3, -0.25) is 19.9 Å². The molecule has 8 aromatic heterocycles.